The molecule has 3 heterocycles. The number of likely N-dealkylation sites (N-methyl/N-ethyl adjacent to an activating group) is 1. The first-order valence-electron chi connectivity index (χ1n) is 11.2. The van der Waals surface area contributed by atoms with E-state index in [0.717, 1.165) is 47.3 Å². The van der Waals surface area contributed by atoms with Gasteiger partial charge in [0.2, 0.25) is 5.88 Å². The molecule has 31 heavy (non-hydrogen) atoms. The Bertz CT molecular complexity index is 1280. The van der Waals surface area contributed by atoms with Crippen molar-refractivity contribution in [1.82, 2.24) is 14.5 Å². The number of aromatic nitrogens is 3. The zero-order valence-corrected chi connectivity index (χ0v) is 17.8. The molecule has 1 aliphatic carbocycles. The van der Waals surface area contributed by atoms with E-state index in [1.165, 1.54) is 28.5 Å². The lowest BCUT2D eigenvalue weighted by Crippen LogP contribution is -3.10. The van der Waals surface area contributed by atoms with Crippen LogP contribution >= 0.6 is 0 Å². The lowest BCUT2D eigenvalue weighted by Gasteiger charge is -2.30. The molecule has 162 valence electrons. The number of hydrogen-bond acceptors (Lipinski definition) is 3. The van der Waals surface area contributed by atoms with Crippen molar-refractivity contribution < 1.29 is 10.0 Å². The van der Waals surface area contributed by atoms with E-state index in [2.05, 4.69) is 22.1 Å². The quantitative estimate of drug-likeness (QED) is 0.484. The monoisotopic (exact) mass is 421 g/mol. The number of allylic oxidation sites excluding steroid dienone is 2. The second-order valence-electron chi connectivity index (χ2n) is 8.85. The third-order valence-electron chi connectivity index (χ3n) is 6.93. The molecule has 0 amide bonds. The van der Waals surface area contributed by atoms with Crippen LogP contribution in [0.2, 0.25) is 0 Å². The van der Waals surface area contributed by atoms with Crippen LogP contribution in [-0.2, 0) is 13.0 Å². The van der Waals surface area contributed by atoms with Crippen molar-refractivity contribution >= 4 is 10.9 Å². The molecule has 5 rings (SSSR count). The van der Waals surface area contributed by atoms with E-state index < -0.39 is 11.2 Å². The highest BCUT2D eigenvalue weighted by Gasteiger charge is 2.37. The number of nitrogens with one attached hydrogen (secondary N) is 3. The fourth-order valence-corrected chi connectivity index (χ4v) is 5.27. The van der Waals surface area contributed by atoms with E-state index in [1.54, 1.807) is 0 Å². The number of quaternary nitrogens is 1. The Morgan fingerprint density at radius 2 is 2.00 bits per heavy atom. The number of hydrogen-bond donors (Lipinski definition) is 4. The van der Waals surface area contributed by atoms with Gasteiger partial charge in [-0.1, -0.05) is 29.8 Å². The minimum atomic E-state index is -0.548. The molecular formula is C24H29N4O3+. The molecule has 2 aromatic heterocycles. The zero-order chi connectivity index (χ0) is 21.5. The van der Waals surface area contributed by atoms with Gasteiger partial charge in [-0.15, -0.1) is 0 Å². The number of para-hydroxylation sites is 1. The molecule has 0 saturated heterocycles. The summed E-state index contributed by atoms with van der Waals surface area (Å²) in [5, 5.41) is 12.3. The van der Waals surface area contributed by atoms with Crippen molar-refractivity contribution in [3.05, 3.63) is 73.6 Å². The summed E-state index contributed by atoms with van der Waals surface area (Å²) in [6.45, 7) is 1.20. The van der Waals surface area contributed by atoms with Crippen LogP contribution in [-0.4, -0.2) is 33.2 Å². The lowest BCUT2D eigenvalue weighted by atomic mass is 9.93. The second kappa shape index (κ2) is 7.89. The van der Waals surface area contributed by atoms with Crippen LogP contribution in [0, 0.1) is 0 Å². The zero-order valence-electron chi connectivity index (χ0n) is 17.8. The average molecular weight is 422 g/mol. The average Bonchev–Trinajstić information content (AvgIpc) is 3.14. The first kappa shape index (κ1) is 19.9. The molecular weight excluding hydrogens is 392 g/mol. The first-order valence-corrected chi connectivity index (χ1v) is 11.2. The first-order chi connectivity index (χ1) is 15.0. The normalized spacial score (nSPS) is 21.1. The van der Waals surface area contributed by atoms with E-state index in [-0.39, 0.29) is 17.5 Å². The Morgan fingerprint density at radius 3 is 2.81 bits per heavy atom. The topological polar surface area (TPSA) is 95.3 Å². The van der Waals surface area contributed by atoms with Gasteiger partial charge in [0, 0.05) is 23.9 Å². The van der Waals surface area contributed by atoms with E-state index >= 15 is 0 Å². The minimum absolute atomic E-state index is 0.207. The van der Waals surface area contributed by atoms with E-state index in [0.29, 0.717) is 13.0 Å². The Labute approximate surface area is 180 Å². The van der Waals surface area contributed by atoms with Crippen molar-refractivity contribution in [2.45, 2.75) is 51.1 Å². The summed E-state index contributed by atoms with van der Waals surface area (Å²) in [6.07, 6.45) is 8.35. The number of aromatic amines is 2. The van der Waals surface area contributed by atoms with Gasteiger partial charge in [-0.2, -0.15) is 0 Å². The minimum Gasteiger partial charge on any atom is -0.494 e. The largest absolute Gasteiger partial charge is 0.494 e. The van der Waals surface area contributed by atoms with Crippen LogP contribution in [0.4, 0.5) is 0 Å². The molecule has 7 heteroatoms. The predicted molar refractivity (Wildman–Crippen MR) is 120 cm³/mol. The van der Waals surface area contributed by atoms with Gasteiger partial charge in [-0.05, 0) is 43.7 Å². The maximum absolute atomic E-state index is 12.9. The van der Waals surface area contributed by atoms with Crippen LogP contribution in [0.15, 0.2) is 45.5 Å². The Kier molecular flexibility index (Phi) is 5.06. The fourth-order valence-electron chi connectivity index (χ4n) is 5.27. The molecule has 1 unspecified atom stereocenters. The number of fused-ring (bicyclic) bond motifs is 3. The van der Waals surface area contributed by atoms with Crippen molar-refractivity contribution in [3.63, 3.8) is 0 Å². The highest BCUT2D eigenvalue weighted by Crippen LogP contribution is 2.32. The molecule has 1 aromatic carbocycles. The van der Waals surface area contributed by atoms with Crippen LogP contribution in [0.25, 0.3) is 10.9 Å². The third-order valence-corrected chi connectivity index (χ3v) is 6.93. The molecule has 2 aliphatic rings. The summed E-state index contributed by atoms with van der Waals surface area (Å²) < 4.78 is 1.33. The van der Waals surface area contributed by atoms with Gasteiger partial charge in [0.15, 0.2) is 6.04 Å². The molecule has 4 N–H and O–H groups in total. The lowest BCUT2D eigenvalue weighted by molar-refractivity contribution is -0.908. The van der Waals surface area contributed by atoms with Crippen LogP contribution in [0.1, 0.15) is 55.0 Å². The summed E-state index contributed by atoms with van der Waals surface area (Å²) >= 11 is 0. The van der Waals surface area contributed by atoms with Crippen molar-refractivity contribution in [1.29, 1.82) is 0 Å². The van der Waals surface area contributed by atoms with Gasteiger partial charge >= 0.3 is 5.69 Å². The fraction of sp³-hybridized carbons (Fsp3) is 0.417. The van der Waals surface area contributed by atoms with Crippen molar-refractivity contribution in [2.24, 2.45) is 0 Å². The number of benzene rings is 1. The number of nitrogens with zero attached hydrogens (tertiary/aromatic N) is 1. The van der Waals surface area contributed by atoms with Gasteiger partial charge < -0.3 is 15.0 Å². The Balaban J connectivity index is 1.59. The molecule has 0 bridgehead atoms. The van der Waals surface area contributed by atoms with E-state index in [1.807, 2.05) is 25.2 Å². The van der Waals surface area contributed by atoms with Gasteiger partial charge in [0.1, 0.15) is 5.56 Å². The Hall–Kier alpha value is -3.06. The van der Waals surface area contributed by atoms with Crippen LogP contribution in [0.3, 0.4) is 0 Å². The summed E-state index contributed by atoms with van der Waals surface area (Å²) in [5.74, 6) is -0.207. The molecule has 2 atom stereocenters. The standard InChI is InChI=1S/C24H28N4O3/c1-27-13-12-17-16-9-5-6-10-18(16)25-20(17)21(27)19-22(29)26-24(31)28(23(19)30)14-11-15-7-3-2-4-8-15/h5-7,9-10,21,25,30H,2-4,8,11-14H2,1H3,(H,26,29,31)/p+1/t21-/m0/s1. The third kappa shape index (κ3) is 3.43. The van der Waals surface area contributed by atoms with Gasteiger partial charge in [0.25, 0.3) is 5.56 Å². The maximum Gasteiger partial charge on any atom is 0.331 e. The molecule has 7 nitrogen and oxygen atoms in total. The summed E-state index contributed by atoms with van der Waals surface area (Å²) in [6, 6.07) is 7.76. The highest BCUT2D eigenvalue weighted by molar-refractivity contribution is 5.85. The summed E-state index contributed by atoms with van der Waals surface area (Å²) in [5.41, 5.74) is 3.70. The van der Waals surface area contributed by atoms with E-state index in [9.17, 15) is 14.7 Å². The predicted octanol–water partition coefficient (Wildman–Crippen LogP) is 1.77. The SMILES string of the molecule is C[NH+]1CCc2c([nH]c3ccccc23)[C@@H]1c1c(O)n(CCC2=CCCCC2)c(=O)[nH]c1=O. The highest BCUT2D eigenvalue weighted by atomic mass is 16.3. The molecule has 1 aliphatic heterocycles. The van der Waals surface area contributed by atoms with E-state index in [4.69, 9.17) is 0 Å². The van der Waals surface area contributed by atoms with Gasteiger partial charge in [0.05, 0.1) is 19.3 Å². The van der Waals surface area contributed by atoms with Crippen molar-refractivity contribution in [2.75, 3.05) is 13.6 Å². The number of aromatic hydroxyl groups is 1. The summed E-state index contributed by atoms with van der Waals surface area (Å²) in [4.78, 5) is 32.5. The van der Waals surface area contributed by atoms with Crippen molar-refractivity contribution in [3.8, 4) is 5.88 Å². The molecule has 0 spiro atoms. The van der Waals surface area contributed by atoms with Gasteiger partial charge in [-0.3, -0.25) is 14.3 Å². The molecule has 0 saturated carbocycles. The molecule has 3 aromatic rings. The van der Waals surface area contributed by atoms with Crippen LogP contribution < -0.4 is 16.1 Å². The molecule has 0 radical (unpaired) electrons. The number of rotatable bonds is 4. The maximum atomic E-state index is 12.9. The van der Waals surface area contributed by atoms with Gasteiger partial charge in [-0.25, -0.2) is 4.79 Å². The molecule has 0 fully saturated rings. The van der Waals surface area contributed by atoms with Crippen LogP contribution in [0.5, 0.6) is 5.88 Å². The smallest absolute Gasteiger partial charge is 0.331 e. The second-order valence-corrected chi connectivity index (χ2v) is 8.85. The number of H-pyrrole nitrogens is 2. The Morgan fingerprint density at radius 1 is 1.16 bits per heavy atom. The summed E-state index contributed by atoms with van der Waals surface area (Å²) in [7, 11) is 2.03.